The van der Waals surface area contributed by atoms with E-state index in [0.717, 1.165) is 21.9 Å². The van der Waals surface area contributed by atoms with Crippen LogP contribution in [0.4, 0.5) is 0 Å². The Labute approximate surface area is 128 Å². The van der Waals surface area contributed by atoms with Gasteiger partial charge in [-0.2, -0.15) is 5.10 Å². The van der Waals surface area contributed by atoms with Crippen LogP contribution in [0.2, 0.25) is 0 Å². The van der Waals surface area contributed by atoms with E-state index >= 15 is 0 Å². The minimum absolute atomic E-state index is 0.163. The lowest BCUT2D eigenvalue weighted by molar-refractivity contribution is -0.0762. The average molecular weight is 301 g/mol. The monoisotopic (exact) mass is 301 g/mol. The topological polar surface area (TPSA) is 64.4 Å². The molecular formula is C16H19N3O3. The van der Waals surface area contributed by atoms with E-state index in [9.17, 15) is 9.59 Å². The van der Waals surface area contributed by atoms with Crippen LogP contribution in [0.15, 0.2) is 29.2 Å². The maximum Gasteiger partial charge on any atom is 0.301 e. The first kappa shape index (κ1) is 15.9. The first-order valence-corrected chi connectivity index (χ1v) is 6.85. The van der Waals surface area contributed by atoms with Gasteiger partial charge >= 0.3 is 5.91 Å². The van der Waals surface area contributed by atoms with Crippen molar-refractivity contribution in [1.29, 1.82) is 0 Å². The Morgan fingerprint density at radius 1 is 1.23 bits per heavy atom. The molecule has 1 aromatic carbocycles. The molecule has 1 amide bonds. The van der Waals surface area contributed by atoms with E-state index in [1.54, 1.807) is 17.8 Å². The molecule has 6 heteroatoms. The van der Waals surface area contributed by atoms with E-state index in [-0.39, 0.29) is 5.69 Å². The molecule has 0 saturated heterocycles. The smallest absolute Gasteiger partial charge is 0.287 e. The summed E-state index contributed by atoms with van der Waals surface area (Å²) in [7, 11) is 2.80. The van der Waals surface area contributed by atoms with Gasteiger partial charge in [-0.15, -0.1) is 0 Å². The minimum atomic E-state index is -0.574. The number of hydrogen-bond acceptors (Lipinski definition) is 4. The Hall–Kier alpha value is -2.47. The second-order valence-electron chi connectivity index (χ2n) is 5.21. The standard InChI is InChI=1S/C16H19N3O3/c1-10-6-7-13(11(2)8-10)19-9-12(3)15(20)14(17-19)16(21)18(4)22-5/h6-9H,1-5H3. The third kappa shape index (κ3) is 2.92. The van der Waals surface area contributed by atoms with Gasteiger partial charge in [0.2, 0.25) is 5.43 Å². The molecule has 0 aliphatic rings. The fraction of sp³-hybridized carbons (Fsp3) is 0.312. The van der Waals surface area contributed by atoms with Gasteiger partial charge in [0, 0.05) is 18.8 Å². The van der Waals surface area contributed by atoms with Crippen molar-refractivity contribution in [3.63, 3.8) is 0 Å². The number of aryl methyl sites for hydroxylation is 3. The number of amides is 1. The molecule has 0 bridgehead atoms. The van der Waals surface area contributed by atoms with E-state index < -0.39 is 11.3 Å². The lowest BCUT2D eigenvalue weighted by Gasteiger charge is -2.15. The summed E-state index contributed by atoms with van der Waals surface area (Å²) in [5.41, 5.74) is 2.85. The Bertz CT molecular complexity index is 781. The van der Waals surface area contributed by atoms with E-state index in [2.05, 4.69) is 5.10 Å². The second-order valence-corrected chi connectivity index (χ2v) is 5.21. The highest BCUT2D eigenvalue weighted by Crippen LogP contribution is 2.15. The SMILES string of the molecule is CON(C)C(=O)c1nn(-c2ccc(C)cc2C)cc(C)c1=O. The van der Waals surface area contributed by atoms with Crippen LogP contribution in [-0.4, -0.2) is 34.9 Å². The first-order chi connectivity index (χ1) is 10.3. The Kier molecular flexibility index (Phi) is 4.42. The van der Waals surface area contributed by atoms with E-state index in [1.807, 2.05) is 32.0 Å². The summed E-state index contributed by atoms with van der Waals surface area (Å²) in [6, 6.07) is 5.89. The molecule has 0 aliphatic heterocycles. The number of carbonyl (C=O) groups excluding carboxylic acids is 1. The average Bonchev–Trinajstić information content (AvgIpc) is 2.48. The van der Waals surface area contributed by atoms with Crippen molar-refractivity contribution in [2.24, 2.45) is 0 Å². The third-order valence-corrected chi connectivity index (χ3v) is 3.46. The lowest BCUT2D eigenvalue weighted by Crippen LogP contribution is -2.33. The van der Waals surface area contributed by atoms with Crippen LogP contribution in [0.3, 0.4) is 0 Å². The highest BCUT2D eigenvalue weighted by atomic mass is 16.7. The number of carbonyl (C=O) groups is 1. The number of aromatic nitrogens is 2. The van der Waals surface area contributed by atoms with Gasteiger partial charge in [-0.3, -0.25) is 14.4 Å². The van der Waals surface area contributed by atoms with Crippen LogP contribution >= 0.6 is 0 Å². The van der Waals surface area contributed by atoms with Crippen molar-refractivity contribution in [1.82, 2.24) is 14.8 Å². The van der Waals surface area contributed by atoms with Gasteiger partial charge in [0.1, 0.15) is 0 Å². The molecule has 0 radical (unpaired) electrons. The van der Waals surface area contributed by atoms with Crippen LogP contribution in [0.5, 0.6) is 0 Å². The van der Waals surface area contributed by atoms with Gasteiger partial charge in [0.05, 0.1) is 12.8 Å². The quantitative estimate of drug-likeness (QED) is 0.811. The van der Waals surface area contributed by atoms with Crippen LogP contribution in [0, 0.1) is 20.8 Å². The zero-order valence-corrected chi connectivity index (χ0v) is 13.4. The second kappa shape index (κ2) is 6.11. The summed E-state index contributed by atoms with van der Waals surface area (Å²) in [5.74, 6) is -0.574. The number of rotatable bonds is 3. The molecule has 0 aliphatic carbocycles. The van der Waals surface area contributed by atoms with E-state index in [0.29, 0.717) is 5.56 Å². The van der Waals surface area contributed by atoms with Gasteiger partial charge in [-0.05, 0) is 32.4 Å². The zero-order chi connectivity index (χ0) is 16.4. The summed E-state index contributed by atoms with van der Waals surface area (Å²) < 4.78 is 1.56. The highest BCUT2D eigenvalue weighted by molar-refractivity contribution is 5.91. The van der Waals surface area contributed by atoms with Crippen molar-refractivity contribution in [2.45, 2.75) is 20.8 Å². The van der Waals surface area contributed by atoms with Crippen LogP contribution in [-0.2, 0) is 4.84 Å². The minimum Gasteiger partial charge on any atom is -0.287 e. The molecule has 2 aromatic rings. The Balaban J connectivity index is 2.62. The molecule has 22 heavy (non-hydrogen) atoms. The Morgan fingerprint density at radius 3 is 2.50 bits per heavy atom. The first-order valence-electron chi connectivity index (χ1n) is 6.85. The van der Waals surface area contributed by atoms with Gasteiger partial charge in [0.15, 0.2) is 5.69 Å². The molecule has 0 N–H and O–H groups in total. The van der Waals surface area contributed by atoms with Gasteiger partial charge in [0.25, 0.3) is 0 Å². The summed E-state index contributed by atoms with van der Waals surface area (Å²) in [5, 5.41) is 5.18. The molecule has 0 saturated carbocycles. The summed E-state index contributed by atoms with van der Waals surface area (Å²) >= 11 is 0. The van der Waals surface area contributed by atoms with E-state index in [4.69, 9.17) is 4.84 Å². The molecule has 0 spiro atoms. The van der Waals surface area contributed by atoms with Gasteiger partial charge in [-0.25, -0.2) is 9.75 Å². The van der Waals surface area contributed by atoms with E-state index in [1.165, 1.54) is 14.2 Å². The molecule has 0 fully saturated rings. The lowest BCUT2D eigenvalue weighted by atomic mass is 10.1. The molecule has 6 nitrogen and oxygen atoms in total. The number of hydroxylamine groups is 2. The van der Waals surface area contributed by atoms with Crippen LogP contribution in [0.1, 0.15) is 27.2 Å². The molecule has 1 heterocycles. The summed E-state index contributed by atoms with van der Waals surface area (Å²) in [6.07, 6.45) is 1.63. The summed E-state index contributed by atoms with van der Waals surface area (Å²) in [6.45, 7) is 5.62. The predicted molar refractivity (Wildman–Crippen MR) is 83.1 cm³/mol. The number of benzene rings is 1. The largest absolute Gasteiger partial charge is 0.301 e. The Morgan fingerprint density at radius 2 is 1.91 bits per heavy atom. The van der Waals surface area contributed by atoms with Crippen molar-refractivity contribution >= 4 is 5.91 Å². The number of nitrogens with zero attached hydrogens (tertiary/aromatic N) is 3. The molecular weight excluding hydrogens is 282 g/mol. The highest BCUT2D eigenvalue weighted by Gasteiger charge is 2.20. The van der Waals surface area contributed by atoms with Gasteiger partial charge in [-0.1, -0.05) is 17.7 Å². The number of hydrogen-bond donors (Lipinski definition) is 0. The van der Waals surface area contributed by atoms with Crippen molar-refractivity contribution in [3.8, 4) is 5.69 Å². The predicted octanol–water partition coefficient (Wildman–Crippen LogP) is 1.79. The van der Waals surface area contributed by atoms with Crippen molar-refractivity contribution in [3.05, 3.63) is 57.0 Å². The molecule has 2 rings (SSSR count). The maximum absolute atomic E-state index is 12.2. The maximum atomic E-state index is 12.2. The zero-order valence-electron chi connectivity index (χ0n) is 13.4. The van der Waals surface area contributed by atoms with Crippen LogP contribution in [0.25, 0.3) is 5.69 Å². The van der Waals surface area contributed by atoms with Crippen LogP contribution < -0.4 is 5.43 Å². The van der Waals surface area contributed by atoms with Crippen molar-refractivity contribution in [2.75, 3.05) is 14.2 Å². The molecule has 1 aromatic heterocycles. The third-order valence-electron chi connectivity index (χ3n) is 3.46. The normalized spacial score (nSPS) is 10.6. The fourth-order valence-corrected chi connectivity index (χ4v) is 2.17. The fourth-order valence-electron chi connectivity index (χ4n) is 2.17. The molecule has 0 unspecified atom stereocenters. The summed E-state index contributed by atoms with van der Waals surface area (Å²) in [4.78, 5) is 29.2. The molecule has 116 valence electrons. The molecule has 0 atom stereocenters. The van der Waals surface area contributed by atoms with Gasteiger partial charge < -0.3 is 0 Å². The van der Waals surface area contributed by atoms with Crippen molar-refractivity contribution < 1.29 is 9.63 Å².